The third-order valence-corrected chi connectivity index (χ3v) is 8.46. The van der Waals surface area contributed by atoms with Crippen LogP contribution in [0.25, 0.3) is 31.8 Å². The average Bonchev–Trinajstić information content (AvgIpc) is 3.35. The Labute approximate surface area is 233 Å². The van der Waals surface area contributed by atoms with Crippen molar-refractivity contribution < 1.29 is 27.1 Å². The van der Waals surface area contributed by atoms with Gasteiger partial charge in [0.2, 0.25) is 15.9 Å². The first-order valence-corrected chi connectivity index (χ1v) is 14.3. The minimum absolute atomic E-state index is 0.0142. The van der Waals surface area contributed by atoms with E-state index in [-0.39, 0.29) is 30.2 Å². The van der Waals surface area contributed by atoms with Gasteiger partial charge in [0, 0.05) is 24.8 Å². The van der Waals surface area contributed by atoms with Crippen molar-refractivity contribution >= 4 is 48.5 Å². The van der Waals surface area contributed by atoms with E-state index in [9.17, 15) is 17.6 Å². The number of fused-ring (bicyclic) bond motifs is 2. The van der Waals surface area contributed by atoms with Crippen LogP contribution < -0.4 is 15.2 Å². The molecule has 0 saturated carbocycles. The van der Waals surface area contributed by atoms with Crippen LogP contribution in [0.4, 0.5) is 4.39 Å². The molecule has 5 aromatic rings. The number of carbonyl (C=O) groups excluding carboxylic acids is 1. The van der Waals surface area contributed by atoms with Gasteiger partial charge in [0.1, 0.15) is 23.2 Å². The first-order valence-electron chi connectivity index (χ1n) is 12.0. The maximum absolute atomic E-state index is 13.1. The summed E-state index contributed by atoms with van der Waals surface area (Å²) in [6.45, 7) is 2.25. The second-order valence-electron chi connectivity index (χ2n) is 8.86. The first kappa shape index (κ1) is 27.5. The molecule has 0 aliphatic carbocycles. The molecule has 0 unspecified atom stereocenters. The molecule has 0 atom stereocenters. The van der Waals surface area contributed by atoms with Crippen LogP contribution in [0.2, 0.25) is 0 Å². The van der Waals surface area contributed by atoms with Gasteiger partial charge in [-0.15, -0.1) is 11.3 Å². The Morgan fingerprint density at radius 3 is 2.60 bits per heavy atom. The van der Waals surface area contributed by atoms with Gasteiger partial charge in [-0.3, -0.25) is 9.78 Å². The summed E-state index contributed by atoms with van der Waals surface area (Å²) in [6.07, 6.45) is 1.62. The van der Waals surface area contributed by atoms with E-state index < -0.39 is 21.7 Å². The van der Waals surface area contributed by atoms with Gasteiger partial charge in [-0.1, -0.05) is 0 Å². The van der Waals surface area contributed by atoms with Crippen molar-refractivity contribution in [1.29, 1.82) is 0 Å². The molecule has 0 saturated heterocycles. The lowest BCUT2D eigenvalue weighted by molar-refractivity contribution is 0.100. The number of primary amides is 1. The third kappa shape index (κ3) is 5.77. The highest BCUT2D eigenvalue weighted by atomic mass is 32.2. The Morgan fingerprint density at radius 1 is 1.10 bits per heavy atom. The van der Waals surface area contributed by atoms with Gasteiger partial charge in [-0.25, -0.2) is 27.5 Å². The Balaban J connectivity index is 1.39. The minimum atomic E-state index is -3.79. The van der Waals surface area contributed by atoms with Gasteiger partial charge in [0.05, 0.1) is 44.6 Å². The number of nitrogens with two attached hydrogens (primary N) is 1. The smallest absolute Gasteiger partial charge is 0.248 e. The summed E-state index contributed by atoms with van der Waals surface area (Å²) >= 11 is 1.39. The molecule has 206 valence electrons. The van der Waals surface area contributed by atoms with Crippen molar-refractivity contribution in [2.45, 2.75) is 18.4 Å². The molecule has 2 heterocycles. The summed E-state index contributed by atoms with van der Waals surface area (Å²) in [5.41, 5.74) is 9.80. The molecule has 0 fully saturated rings. The van der Waals surface area contributed by atoms with Crippen molar-refractivity contribution in [3.8, 4) is 16.3 Å². The van der Waals surface area contributed by atoms with Crippen molar-refractivity contribution in [3.05, 3.63) is 77.4 Å². The number of nitrogens with one attached hydrogen (secondary N) is 1. The number of ether oxygens (including phenoxy) is 2. The summed E-state index contributed by atoms with van der Waals surface area (Å²) in [7, 11) is -2.23. The molecule has 2 aromatic heterocycles. The highest BCUT2D eigenvalue weighted by Gasteiger charge is 2.18. The molecule has 0 bridgehead atoms. The Hall–Kier alpha value is -4.04. The van der Waals surface area contributed by atoms with Gasteiger partial charge >= 0.3 is 0 Å². The molecule has 5 rings (SSSR count). The molecule has 10 nitrogen and oxygen atoms in total. The van der Waals surface area contributed by atoms with Crippen LogP contribution in [0.5, 0.6) is 5.75 Å². The number of hydrogen-bond donors (Lipinski definition) is 2. The molecule has 0 radical (unpaired) electrons. The number of sulfonamides is 1. The summed E-state index contributed by atoms with van der Waals surface area (Å²) in [5.74, 6) is -0.566. The Bertz CT molecular complexity index is 1840. The molecule has 0 spiro atoms. The lowest BCUT2D eigenvalue weighted by Gasteiger charge is -2.09. The molecular weight excluding hydrogens is 557 g/mol. The van der Waals surface area contributed by atoms with Gasteiger partial charge in [0.25, 0.3) is 0 Å². The second-order valence-corrected chi connectivity index (χ2v) is 11.7. The number of rotatable bonds is 10. The SMILES string of the molecule is COCc1cnc2c(-c3nc4c(C)cc(OCCNS(=O)(=O)c5ccc(F)cc5)cc4s3)cc(C(N)=O)cc2n1. The largest absolute Gasteiger partial charge is 0.492 e. The number of aryl methyl sites for hydroxylation is 1. The monoisotopic (exact) mass is 581 g/mol. The summed E-state index contributed by atoms with van der Waals surface area (Å²) in [6, 6.07) is 11.5. The number of carbonyl (C=O) groups is 1. The fourth-order valence-electron chi connectivity index (χ4n) is 4.09. The van der Waals surface area contributed by atoms with E-state index in [4.69, 9.17) is 20.2 Å². The zero-order valence-corrected chi connectivity index (χ0v) is 23.1. The summed E-state index contributed by atoms with van der Waals surface area (Å²) in [4.78, 5) is 25.9. The van der Waals surface area contributed by atoms with E-state index in [0.717, 1.165) is 27.9 Å². The number of amides is 1. The fraction of sp³-hybridized carbons (Fsp3) is 0.185. The fourth-order valence-corrected chi connectivity index (χ4v) is 6.19. The maximum atomic E-state index is 13.1. The van der Waals surface area contributed by atoms with Crippen LogP contribution in [0.15, 0.2) is 59.6 Å². The summed E-state index contributed by atoms with van der Waals surface area (Å²) < 4.78 is 52.1. The van der Waals surface area contributed by atoms with Crippen LogP contribution >= 0.6 is 11.3 Å². The zero-order chi connectivity index (χ0) is 28.4. The van der Waals surface area contributed by atoms with E-state index in [1.807, 2.05) is 19.1 Å². The molecular formula is C27H24FN5O5S2. The van der Waals surface area contributed by atoms with Crippen LogP contribution in [0.1, 0.15) is 21.6 Å². The second kappa shape index (κ2) is 11.2. The van der Waals surface area contributed by atoms with E-state index in [0.29, 0.717) is 33.0 Å². The topological polar surface area (TPSA) is 146 Å². The standard InChI is InChI=1S/C27H24FN5O5S2/c1-15-9-19(38-8-7-31-40(35,36)20-5-3-17(28)4-6-20)12-23-24(15)33-27(39-23)21-10-16(26(29)34)11-22-25(21)30-13-18(32-22)14-37-2/h3-6,9-13,31H,7-8,14H2,1-2H3,(H2,29,34). The number of aromatic nitrogens is 3. The summed E-state index contributed by atoms with van der Waals surface area (Å²) in [5, 5.41) is 0.629. The number of nitrogens with zero attached hydrogens (tertiary/aromatic N) is 3. The lowest BCUT2D eigenvalue weighted by Crippen LogP contribution is -2.28. The highest BCUT2D eigenvalue weighted by molar-refractivity contribution is 7.89. The van der Waals surface area contributed by atoms with E-state index in [2.05, 4.69) is 14.7 Å². The number of benzene rings is 3. The predicted molar refractivity (Wildman–Crippen MR) is 149 cm³/mol. The van der Waals surface area contributed by atoms with E-state index >= 15 is 0 Å². The van der Waals surface area contributed by atoms with Gasteiger partial charge in [-0.05, 0) is 61.0 Å². The van der Waals surface area contributed by atoms with Crippen molar-refractivity contribution in [1.82, 2.24) is 19.7 Å². The van der Waals surface area contributed by atoms with Gasteiger partial charge < -0.3 is 15.2 Å². The van der Waals surface area contributed by atoms with Gasteiger partial charge in [0.15, 0.2) is 0 Å². The van der Waals surface area contributed by atoms with Crippen LogP contribution in [-0.2, 0) is 21.4 Å². The maximum Gasteiger partial charge on any atom is 0.248 e. The molecule has 13 heteroatoms. The molecule has 40 heavy (non-hydrogen) atoms. The van der Waals surface area contributed by atoms with Crippen LogP contribution in [0, 0.1) is 12.7 Å². The lowest BCUT2D eigenvalue weighted by atomic mass is 10.1. The van der Waals surface area contributed by atoms with Crippen LogP contribution in [0.3, 0.4) is 0 Å². The molecule has 1 amide bonds. The number of thiazole rings is 1. The van der Waals surface area contributed by atoms with Crippen molar-refractivity contribution in [3.63, 3.8) is 0 Å². The Morgan fingerprint density at radius 2 is 1.88 bits per heavy atom. The third-order valence-electron chi connectivity index (χ3n) is 5.95. The van der Waals surface area contributed by atoms with Gasteiger partial charge in [-0.2, -0.15) is 0 Å². The number of methoxy groups -OCH3 is 1. The molecule has 3 N–H and O–H groups in total. The quantitative estimate of drug-likeness (QED) is 0.236. The number of hydrogen-bond acceptors (Lipinski definition) is 9. The van der Waals surface area contributed by atoms with E-state index in [1.165, 1.54) is 23.5 Å². The first-order chi connectivity index (χ1) is 19.1. The zero-order valence-electron chi connectivity index (χ0n) is 21.5. The van der Waals surface area contributed by atoms with Crippen molar-refractivity contribution in [2.24, 2.45) is 5.73 Å². The highest BCUT2D eigenvalue weighted by Crippen LogP contribution is 2.37. The predicted octanol–water partition coefficient (Wildman–Crippen LogP) is 3.96. The molecule has 0 aliphatic rings. The molecule has 0 aliphatic heterocycles. The minimum Gasteiger partial charge on any atom is -0.492 e. The number of halogens is 1. The molecule has 3 aromatic carbocycles. The normalized spacial score (nSPS) is 11.8. The van der Waals surface area contributed by atoms with Crippen LogP contribution in [-0.4, -0.2) is 49.5 Å². The Kier molecular flexibility index (Phi) is 7.72. The average molecular weight is 582 g/mol. The van der Waals surface area contributed by atoms with E-state index in [1.54, 1.807) is 25.4 Å². The van der Waals surface area contributed by atoms with Crippen molar-refractivity contribution in [2.75, 3.05) is 20.3 Å².